The van der Waals surface area contributed by atoms with Gasteiger partial charge in [0.25, 0.3) is 0 Å². The maximum Gasteiger partial charge on any atom is 0.335 e. The third-order valence-electron chi connectivity index (χ3n) is 5.69. The Morgan fingerprint density at radius 3 is 2.81 bits per heavy atom. The largest absolute Gasteiger partial charge is 0.478 e. The number of hydrogen-bond acceptors (Lipinski definition) is 6. The van der Waals surface area contributed by atoms with Gasteiger partial charge in [-0.1, -0.05) is 12.5 Å². The van der Waals surface area contributed by atoms with Crippen molar-refractivity contribution in [3.8, 4) is 17.3 Å². The minimum absolute atomic E-state index is 0.0846. The second kappa shape index (κ2) is 9.54. The van der Waals surface area contributed by atoms with Crippen LogP contribution in [0.1, 0.15) is 41.6 Å². The van der Waals surface area contributed by atoms with Gasteiger partial charge in [0.15, 0.2) is 0 Å². The van der Waals surface area contributed by atoms with Gasteiger partial charge in [0.05, 0.1) is 28.4 Å². The molecule has 0 spiro atoms. The van der Waals surface area contributed by atoms with Crippen molar-refractivity contribution in [2.75, 3.05) is 31.5 Å². The number of nitrogens with one attached hydrogen (secondary N) is 1. The topological polar surface area (TPSA) is 102 Å². The van der Waals surface area contributed by atoms with Gasteiger partial charge >= 0.3 is 5.97 Å². The Balaban J connectivity index is 1.59. The summed E-state index contributed by atoms with van der Waals surface area (Å²) >= 11 is 0. The first-order chi connectivity index (χ1) is 15.2. The number of aromatic carboxylic acids is 1. The SMILES string of the molecule is N#Cc1cc(C(=O)O)ccc1-c1cc(NCCCN2CCCCC2)c2cnccc2n1. The van der Waals surface area contributed by atoms with E-state index in [1.807, 2.05) is 12.1 Å². The number of carbonyl (C=O) groups is 1. The van der Waals surface area contributed by atoms with E-state index in [0.29, 0.717) is 11.3 Å². The zero-order valence-electron chi connectivity index (χ0n) is 17.3. The lowest BCUT2D eigenvalue weighted by molar-refractivity contribution is 0.0697. The Morgan fingerprint density at radius 2 is 2.03 bits per heavy atom. The molecule has 0 aliphatic carbocycles. The van der Waals surface area contributed by atoms with Crippen molar-refractivity contribution in [2.24, 2.45) is 0 Å². The van der Waals surface area contributed by atoms with Gasteiger partial charge in [-0.2, -0.15) is 5.26 Å². The highest BCUT2D eigenvalue weighted by atomic mass is 16.4. The highest BCUT2D eigenvalue weighted by molar-refractivity contribution is 5.94. The summed E-state index contributed by atoms with van der Waals surface area (Å²) in [6.07, 6.45) is 8.44. The van der Waals surface area contributed by atoms with E-state index in [1.54, 1.807) is 18.5 Å². The van der Waals surface area contributed by atoms with Gasteiger partial charge in [0.1, 0.15) is 0 Å². The number of nitriles is 1. The molecule has 0 atom stereocenters. The Labute approximate surface area is 181 Å². The number of anilines is 1. The first-order valence-electron chi connectivity index (χ1n) is 10.6. The highest BCUT2D eigenvalue weighted by Gasteiger charge is 2.14. The molecule has 2 N–H and O–H groups in total. The van der Waals surface area contributed by atoms with Gasteiger partial charge in [-0.15, -0.1) is 0 Å². The van der Waals surface area contributed by atoms with Crippen LogP contribution in [0.25, 0.3) is 22.2 Å². The zero-order valence-corrected chi connectivity index (χ0v) is 17.3. The van der Waals surface area contributed by atoms with Gasteiger partial charge in [-0.3, -0.25) is 4.98 Å². The number of carboxylic acid groups (broad SMARTS) is 1. The summed E-state index contributed by atoms with van der Waals surface area (Å²) in [4.78, 5) is 22.7. The first-order valence-corrected chi connectivity index (χ1v) is 10.6. The molecule has 0 radical (unpaired) electrons. The fraction of sp³-hybridized carbons (Fsp3) is 0.333. The van der Waals surface area contributed by atoms with E-state index in [9.17, 15) is 15.2 Å². The van der Waals surface area contributed by atoms with E-state index in [-0.39, 0.29) is 11.1 Å². The molecule has 4 rings (SSSR count). The first kappa shape index (κ1) is 20.8. The lowest BCUT2D eigenvalue weighted by Gasteiger charge is -2.26. The molecule has 0 bridgehead atoms. The second-order valence-electron chi connectivity index (χ2n) is 7.81. The number of benzene rings is 1. The molecule has 7 nitrogen and oxygen atoms in total. The fourth-order valence-electron chi connectivity index (χ4n) is 4.05. The standard InChI is InChI=1S/C24H25N5O2/c25-15-18-13-17(24(30)31)5-6-19(18)23-14-22(20-16-26-9-7-21(20)28-23)27-8-4-12-29-10-2-1-3-11-29/h5-7,9,13-14,16H,1-4,8,10-12H2,(H,27,28)(H,30,31). The van der Waals surface area contributed by atoms with Crippen molar-refractivity contribution in [3.63, 3.8) is 0 Å². The van der Waals surface area contributed by atoms with Crippen LogP contribution in [0.15, 0.2) is 42.7 Å². The minimum Gasteiger partial charge on any atom is -0.478 e. The van der Waals surface area contributed by atoms with Gasteiger partial charge in [-0.05, 0) is 63.2 Å². The van der Waals surface area contributed by atoms with E-state index in [2.05, 4.69) is 21.3 Å². The summed E-state index contributed by atoms with van der Waals surface area (Å²) in [7, 11) is 0. The molecule has 0 unspecified atom stereocenters. The molecule has 1 aromatic carbocycles. The Morgan fingerprint density at radius 1 is 1.19 bits per heavy atom. The average molecular weight is 415 g/mol. The molecule has 1 aliphatic heterocycles. The number of likely N-dealkylation sites (tertiary alicyclic amines) is 1. The molecule has 7 heteroatoms. The summed E-state index contributed by atoms with van der Waals surface area (Å²) in [5.41, 5.74) is 3.31. The van der Waals surface area contributed by atoms with Gasteiger partial charge < -0.3 is 15.3 Å². The van der Waals surface area contributed by atoms with Crippen molar-refractivity contribution in [2.45, 2.75) is 25.7 Å². The van der Waals surface area contributed by atoms with Crippen molar-refractivity contribution in [1.82, 2.24) is 14.9 Å². The third kappa shape index (κ3) is 4.81. The molecular weight excluding hydrogens is 390 g/mol. The van der Waals surface area contributed by atoms with Gasteiger partial charge in [-0.25, -0.2) is 9.78 Å². The van der Waals surface area contributed by atoms with Crippen LogP contribution in [0.2, 0.25) is 0 Å². The molecule has 31 heavy (non-hydrogen) atoms. The number of hydrogen-bond donors (Lipinski definition) is 2. The summed E-state index contributed by atoms with van der Waals surface area (Å²) in [6.45, 7) is 4.29. The highest BCUT2D eigenvalue weighted by Crippen LogP contribution is 2.30. The summed E-state index contributed by atoms with van der Waals surface area (Å²) < 4.78 is 0. The monoisotopic (exact) mass is 415 g/mol. The maximum atomic E-state index is 11.3. The second-order valence-corrected chi connectivity index (χ2v) is 7.81. The smallest absolute Gasteiger partial charge is 0.335 e. The van der Waals surface area contributed by atoms with Gasteiger partial charge in [0, 0.05) is 35.6 Å². The van der Waals surface area contributed by atoms with Crippen molar-refractivity contribution < 1.29 is 9.90 Å². The van der Waals surface area contributed by atoms with E-state index in [0.717, 1.165) is 36.1 Å². The predicted molar refractivity (Wildman–Crippen MR) is 120 cm³/mol. The van der Waals surface area contributed by atoms with Crippen molar-refractivity contribution in [3.05, 3.63) is 53.9 Å². The summed E-state index contributed by atoms with van der Waals surface area (Å²) in [6, 6.07) is 10.4. The molecule has 3 aromatic rings. The molecule has 3 heterocycles. The van der Waals surface area contributed by atoms with Crippen LogP contribution < -0.4 is 5.32 Å². The summed E-state index contributed by atoms with van der Waals surface area (Å²) in [5.74, 6) is -1.06. The number of aromatic nitrogens is 2. The van der Waals surface area contributed by atoms with Gasteiger partial charge in [0.2, 0.25) is 0 Å². The third-order valence-corrected chi connectivity index (χ3v) is 5.69. The molecule has 158 valence electrons. The molecule has 1 saturated heterocycles. The van der Waals surface area contributed by atoms with Crippen LogP contribution in [0.5, 0.6) is 0 Å². The van der Waals surface area contributed by atoms with Crippen molar-refractivity contribution >= 4 is 22.6 Å². The number of fused-ring (bicyclic) bond motifs is 1. The number of rotatable bonds is 7. The van der Waals surface area contributed by atoms with Crippen LogP contribution in [-0.4, -0.2) is 52.1 Å². The zero-order chi connectivity index (χ0) is 21.6. The predicted octanol–water partition coefficient (Wildman–Crippen LogP) is 4.15. The number of nitrogens with zero attached hydrogens (tertiary/aromatic N) is 4. The minimum atomic E-state index is -1.06. The van der Waals surface area contributed by atoms with E-state index in [4.69, 9.17) is 4.98 Å². The molecular formula is C24H25N5O2. The lowest BCUT2D eigenvalue weighted by atomic mass is 10.0. The molecule has 2 aromatic heterocycles. The molecule has 1 fully saturated rings. The average Bonchev–Trinajstić information content (AvgIpc) is 2.81. The fourth-order valence-corrected chi connectivity index (χ4v) is 4.05. The number of piperidine rings is 1. The van der Waals surface area contributed by atoms with Crippen LogP contribution in [0.3, 0.4) is 0 Å². The Kier molecular flexibility index (Phi) is 6.39. The lowest BCUT2D eigenvalue weighted by Crippen LogP contribution is -2.31. The normalized spacial score (nSPS) is 14.3. The van der Waals surface area contributed by atoms with Crippen LogP contribution in [0, 0.1) is 11.3 Å². The van der Waals surface area contributed by atoms with Crippen LogP contribution in [-0.2, 0) is 0 Å². The molecule has 0 amide bonds. The van der Waals surface area contributed by atoms with E-state index in [1.165, 1.54) is 44.5 Å². The van der Waals surface area contributed by atoms with Crippen LogP contribution >= 0.6 is 0 Å². The Hall–Kier alpha value is -3.50. The quantitative estimate of drug-likeness (QED) is 0.559. The molecule has 0 saturated carbocycles. The Bertz CT molecular complexity index is 1130. The number of carboxylic acids is 1. The van der Waals surface area contributed by atoms with E-state index < -0.39 is 5.97 Å². The van der Waals surface area contributed by atoms with Crippen molar-refractivity contribution in [1.29, 1.82) is 5.26 Å². The van der Waals surface area contributed by atoms with E-state index >= 15 is 0 Å². The summed E-state index contributed by atoms with van der Waals surface area (Å²) in [5, 5.41) is 23.2. The van der Waals surface area contributed by atoms with Crippen LogP contribution in [0.4, 0.5) is 5.69 Å². The number of pyridine rings is 2. The maximum absolute atomic E-state index is 11.3. The molecule has 1 aliphatic rings.